The van der Waals surface area contributed by atoms with Gasteiger partial charge >= 0.3 is 5.97 Å². The number of rotatable bonds is 6. The van der Waals surface area contributed by atoms with Gasteiger partial charge in [-0.1, -0.05) is 13.0 Å². The summed E-state index contributed by atoms with van der Waals surface area (Å²) in [5, 5.41) is 0. The minimum atomic E-state index is -3.45. The Morgan fingerprint density at radius 1 is 1.61 bits per heavy atom. The van der Waals surface area contributed by atoms with E-state index in [2.05, 4.69) is 6.58 Å². The highest BCUT2D eigenvalue weighted by atomic mass is 32.2. The zero-order chi connectivity index (χ0) is 13.8. The first-order valence-electron chi connectivity index (χ1n) is 5.96. The van der Waals surface area contributed by atoms with Crippen LogP contribution in [-0.4, -0.2) is 33.4 Å². The Kier molecular flexibility index (Phi) is 5.34. The third kappa shape index (κ3) is 5.18. The summed E-state index contributed by atoms with van der Waals surface area (Å²) in [7, 11) is -3.45. The maximum atomic E-state index is 11.4. The van der Waals surface area contributed by atoms with Crippen molar-refractivity contribution in [2.45, 2.75) is 32.3 Å². The molecule has 1 rings (SSSR count). The summed E-state index contributed by atoms with van der Waals surface area (Å²) in [6.45, 7) is 5.52. The topological polar surface area (TPSA) is 69.7 Å². The molecule has 1 aliphatic heterocycles. The van der Waals surface area contributed by atoms with Crippen LogP contribution in [0.4, 0.5) is 0 Å². The highest BCUT2D eigenvalue weighted by molar-refractivity contribution is 7.85. The summed E-state index contributed by atoms with van der Waals surface area (Å²) < 4.78 is 31.8. The van der Waals surface area contributed by atoms with Crippen LogP contribution in [-0.2, 0) is 23.8 Å². The van der Waals surface area contributed by atoms with Crippen LogP contribution in [0, 0.1) is 11.8 Å². The molecule has 0 aromatic heterocycles. The first-order chi connectivity index (χ1) is 8.31. The van der Waals surface area contributed by atoms with E-state index in [4.69, 9.17) is 8.92 Å². The molecule has 0 unspecified atom stereocenters. The predicted octanol–water partition coefficient (Wildman–Crippen LogP) is 1.50. The maximum Gasteiger partial charge on any atom is 0.306 e. The summed E-state index contributed by atoms with van der Waals surface area (Å²) in [5.41, 5.74) is 0. The minimum absolute atomic E-state index is 0.0393. The van der Waals surface area contributed by atoms with Crippen molar-refractivity contribution < 1.29 is 22.1 Å². The van der Waals surface area contributed by atoms with Gasteiger partial charge < -0.3 is 4.74 Å². The fraction of sp³-hybridized carbons (Fsp3) is 0.750. The van der Waals surface area contributed by atoms with Gasteiger partial charge in [0.2, 0.25) is 0 Å². The summed E-state index contributed by atoms with van der Waals surface area (Å²) in [6, 6.07) is 0. The van der Waals surface area contributed by atoms with E-state index in [0.29, 0.717) is 6.42 Å². The Labute approximate surface area is 108 Å². The van der Waals surface area contributed by atoms with Crippen LogP contribution in [0.25, 0.3) is 0 Å². The molecule has 6 heteroatoms. The van der Waals surface area contributed by atoms with Gasteiger partial charge in [-0.3, -0.25) is 8.98 Å². The van der Waals surface area contributed by atoms with Crippen molar-refractivity contribution in [2.24, 2.45) is 11.8 Å². The average molecular weight is 276 g/mol. The molecule has 104 valence electrons. The van der Waals surface area contributed by atoms with Gasteiger partial charge in [-0.2, -0.15) is 8.42 Å². The van der Waals surface area contributed by atoms with Crippen molar-refractivity contribution in [2.75, 3.05) is 12.9 Å². The fourth-order valence-electron chi connectivity index (χ4n) is 2.01. The van der Waals surface area contributed by atoms with Crippen LogP contribution in [0.2, 0.25) is 0 Å². The second-order valence-corrected chi connectivity index (χ2v) is 6.47. The van der Waals surface area contributed by atoms with E-state index in [0.717, 1.165) is 19.1 Å². The summed E-state index contributed by atoms with van der Waals surface area (Å²) in [4.78, 5) is 11.4. The SMILES string of the molecule is C=CC[C@H]1CC(=O)O[C@@H]([C@H](C)COS(C)(=O)=O)C1. The minimum Gasteiger partial charge on any atom is -0.462 e. The zero-order valence-electron chi connectivity index (χ0n) is 10.8. The number of hydrogen-bond acceptors (Lipinski definition) is 5. The van der Waals surface area contributed by atoms with Crippen molar-refractivity contribution in [1.82, 2.24) is 0 Å². The second-order valence-electron chi connectivity index (χ2n) is 4.82. The summed E-state index contributed by atoms with van der Waals surface area (Å²) in [6.07, 6.45) is 4.42. The molecule has 0 aromatic carbocycles. The molecule has 1 saturated heterocycles. The Bertz CT molecular complexity index is 401. The van der Waals surface area contributed by atoms with Gasteiger partial charge in [-0.15, -0.1) is 6.58 Å². The van der Waals surface area contributed by atoms with Gasteiger partial charge in [-0.05, 0) is 18.8 Å². The number of carbonyl (C=O) groups excluding carboxylic acids is 1. The largest absolute Gasteiger partial charge is 0.462 e. The lowest BCUT2D eigenvalue weighted by Crippen LogP contribution is -2.36. The van der Waals surface area contributed by atoms with E-state index < -0.39 is 10.1 Å². The van der Waals surface area contributed by atoms with E-state index in [1.54, 1.807) is 6.08 Å². The Hall–Kier alpha value is -0.880. The molecule has 0 spiro atoms. The molecule has 0 radical (unpaired) electrons. The van der Waals surface area contributed by atoms with Gasteiger partial charge in [0.15, 0.2) is 0 Å². The third-order valence-electron chi connectivity index (χ3n) is 2.98. The number of cyclic esters (lactones) is 1. The molecule has 1 fully saturated rings. The monoisotopic (exact) mass is 276 g/mol. The molecule has 0 amide bonds. The number of allylic oxidation sites excluding steroid dienone is 1. The molecule has 18 heavy (non-hydrogen) atoms. The highest BCUT2D eigenvalue weighted by Crippen LogP contribution is 2.28. The predicted molar refractivity (Wildman–Crippen MR) is 67.4 cm³/mol. The molecule has 1 aliphatic rings. The van der Waals surface area contributed by atoms with Crippen LogP contribution < -0.4 is 0 Å². The van der Waals surface area contributed by atoms with Gasteiger partial charge in [0.25, 0.3) is 10.1 Å². The Morgan fingerprint density at radius 3 is 2.83 bits per heavy atom. The first kappa shape index (κ1) is 15.2. The standard InChI is InChI=1S/C12H20O5S/c1-4-5-10-6-11(17-12(13)7-10)9(2)8-16-18(3,14)15/h4,9-11H,1,5-8H2,2-3H3/t9-,10-,11-/m1/s1. The van der Waals surface area contributed by atoms with Crippen molar-refractivity contribution >= 4 is 16.1 Å². The Morgan fingerprint density at radius 2 is 2.28 bits per heavy atom. The van der Waals surface area contributed by atoms with E-state index in [1.165, 1.54) is 0 Å². The molecule has 0 N–H and O–H groups in total. The molecule has 0 aliphatic carbocycles. The number of ether oxygens (including phenoxy) is 1. The molecular weight excluding hydrogens is 256 g/mol. The van der Waals surface area contributed by atoms with Crippen molar-refractivity contribution in [1.29, 1.82) is 0 Å². The van der Waals surface area contributed by atoms with Crippen LogP contribution in [0.3, 0.4) is 0 Å². The number of hydrogen-bond donors (Lipinski definition) is 0. The summed E-state index contributed by atoms with van der Waals surface area (Å²) in [5.74, 6) is -0.143. The van der Waals surface area contributed by atoms with Crippen LogP contribution in [0.1, 0.15) is 26.2 Å². The van der Waals surface area contributed by atoms with E-state index >= 15 is 0 Å². The zero-order valence-corrected chi connectivity index (χ0v) is 11.6. The molecule has 1 heterocycles. The maximum absolute atomic E-state index is 11.4. The quantitative estimate of drug-likeness (QED) is 0.418. The summed E-state index contributed by atoms with van der Waals surface area (Å²) >= 11 is 0. The van der Waals surface area contributed by atoms with E-state index in [1.807, 2.05) is 6.92 Å². The number of carbonyl (C=O) groups is 1. The van der Waals surface area contributed by atoms with Crippen LogP contribution in [0.5, 0.6) is 0 Å². The van der Waals surface area contributed by atoms with Crippen molar-refractivity contribution in [3.63, 3.8) is 0 Å². The highest BCUT2D eigenvalue weighted by Gasteiger charge is 2.31. The van der Waals surface area contributed by atoms with Crippen LogP contribution in [0.15, 0.2) is 12.7 Å². The van der Waals surface area contributed by atoms with Gasteiger partial charge in [0, 0.05) is 12.3 Å². The molecule has 0 saturated carbocycles. The third-order valence-corrected chi connectivity index (χ3v) is 3.55. The first-order valence-corrected chi connectivity index (χ1v) is 7.78. The normalized spacial score (nSPS) is 26.4. The van der Waals surface area contributed by atoms with Crippen molar-refractivity contribution in [3.8, 4) is 0 Å². The van der Waals surface area contributed by atoms with Gasteiger partial charge in [-0.25, -0.2) is 0 Å². The lowest BCUT2D eigenvalue weighted by molar-refractivity contribution is -0.160. The molecular formula is C12H20O5S. The molecule has 0 bridgehead atoms. The Balaban J connectivity index is 2.53. The van der Waals surface area contributed by atoms with Crippen LogP contribution >= 0.6 is 0 Å². The lowest BCUT2D eigenvalue weighted by atomic mass is 9.87. The van der Waals surface area contributed by atoms with E-state index in [9.17, 15) is 13.2 Å². The van der Waals surface area contributed by atoms with Gasteiger partial charge in [0.1, 0.15) is 6.10 Å². The van der Waals surface area contributed by atoms with E-state index in [-0.39, 0.29) is 30.5 Å². The smallest absolute Gasteiger partial charge is 0.306 e. The lowest BCUT2D eigenvalue weighted by Gasteiger charge is -2.31. The second kappa shape index (κ2) is 6.33. The number of esters is 1. The molecule has 0 aromatic rings. The molecule has 5 nitrogen and oxygen atoms in total. The van der Waals surface area contributed by atoms with Crippen molar-refractivity contribution in [3.05, 3.63) is 12.7 Å². The average Bonchev–Trinajstić information content (AvgIpc) is 2.24. The fourth-order valence-corrected chi connectivity index (χ4v) is 2.48. The van der Waals surface area contributed by atoms with Gasteiger partial charge in [0.05, 0.1) is 12.9 Å². The molecule has 3 atom stereocenters.